The van der Waals surface area contributed by atoms with Gasteiger partial charge in [-0.15, -0.1) is 11.3 Å². The van der Waals surface area contributed by atoms with E-state index in [1.165, 1.54) is 11.3 Å². The number of anilines is 2. The number of amides is 3. The van der Waals surface area contributed by atoms with E-state index in [4.69, 9.17) is 14.5 Å². The van der Waals surface area contributed by atoms with E-state index < -0.39 is 11.6 Å². The summed E-state index contributed by atoms with van der Waals surface area (Å²) in [7, 11) is 0. The largest absolute Gasteiger partial charge is 0.490 e. The molecule has 0 saturated heterocycles. The predicted octanol–water partition coefficient (Wildman–Crippen LogP) is 6.10. The lowest BCUT2D eigenvalue weighted by Gasteiger charge is -2.24. The van der Waals surface area contributed by atoms with Crippen molar-refractivity contribution in [2.75, 3.05) is 23.8 Å². The Kier molecular flexibility index (Phi) is 7.79. The number of rotatable bonds is 7. The number of benzene rings is 3. The number of carbonyl (C=O) groups excluding carboxylic acids is 2. The minimum atomic E-state index is -1.21. The minimum Gasteiger partial charge on any atom is -0.490 e. The molecule has 9 heteroatoms. The lowest BCUT2D eigenvalue weighted by atomic mass is 10.1. The number of ether oxygens (including phenoxy) is 2. The molecule has 3 N–H and O–H groups in total. The topological polar surface area (TPSA) is 102 Å². The van der Waals surface area contributed by atoms with Gasteiger partial charge in [-0.05, 0) is 31.5 Å². The second-order valence-electron chi connectivity index (χ2n) is 9.69. The van der Waals surface area contributed by atoms with Crippen LogP contribution in [0.4, 0.5) is 15.6 Å². The molecule has 0 radical (unpaired) electrons. The van der Waals surface area contributed by atoms with E-state index in [0.717, 1.165) is 28.1 Å². The molecule has 200 valence electrons. The fraction of sp³-hybridized carbons (Fsp3) is 0.233. The quantitative estimate of drug-likeness (QED) is 0.262. The molecule has 0 saturated carbocycles. The van der Waals surface area contributed by atoms with E-state index in [9.17, 15) is 9.59 Å². The van der Waals surface area contributed by atoms with Crippen LogP contribution in [0.25, 0.3) is 11.3 Å². The summed E-state index contributed by atoms with van der Waals surface area (Å²) in [6.45, 7) is 4.42. The summed E-state index contributed by atoms with van der Waals surface area (Å²) in [5.41, 5.74) is 2.29. The fourth-order valence-electron chi connectivity index (χ4n) is 4.13. The molecule has 5 rings (SSSR count). The van der Waals surface area contributed by atoms with Gasteiger partial charge in [-0.2, -0.15) is 0 Å². The Balaban J connectivity index is 1.27. The van der Waals surface area contributed by atoms with Crippen LogP contribution >= 0.6 is 11.3 Å². The summed E-state index contributed by atoms with van der Waals surface area (Å²) in [6.07, 6.45) is 1.49. The van der Waals surface area contributed by atoms with Crippen molar-refractivity contribution in [3.8, 4) is 22.8 Å². The van der Waals surface area contributed by atoms with Gasteiger partial charge in [0.2, 0.25) is 0 Å². The minimum absolute atomic E-state index is 0.379. The van der Waals surface area contributed by atoms with Crippen LogP contribution in [-0.4, -0.2) is 35.7 Å². The van der Waals surface area contributed by atoms with Crippen molar-refractivity contribution in [2.24, 2.45) is 0 Å². The van der Waals surface area contributed by atoms with Crippen LogP contribution in [0.2, 0.25) is 0 Å². The highest BCUT2D eigenvalue weighted by Gasteiger charge is 2.31. The first-order chi connectivity index (χ1) is 18.9. The van der Waals surface area contributed by atoms with Crippen LogP contribution in [0.3, 0.4) is 0 Å². The van der Waals surface area contributed by atoms with Crippen molar-refractivity contribution in [2.45, 2.75) is 32.2 Å². The number of hydrogen-bond acceptors (Lipinski definition) is 6. The average Bonchev–Trinajstić information content (AvgIpc) is 3.16. The van der Waals surface area contributed by atoms with E-state index in [-0.39, 0.29) is 5.91 Å². The number of hydrogen-bond donors (Lipinski definition) is 3. The van der Waals surface area contributed by atoms with E-state index >= 15 is 0 Å². The standard InChI is InChI=1S/C30H30N4O4S/c1-30(2,34-28(36)31-22-14-15-23-24(19-22)38-17-9-16-37-23)27(35)33-29-32-26(21-12-7-4-8-13-21)25(39-29)18-20-10-5-3-6-11-20/h3-8,10-15,19H,9,16-18H2,1-2H3,(H2,31,34,36)(H,32,33,35). The van der Waals surface area contributed by atoms with Crippen LogP contribution in [0.15, 0.2) is 78.9 Å². The highest BCUT2D eigenvalue weighted by molar-refractivity contribution is 7.16. The Labute approximate surface area is 231 Å². The van der Waals surface area contributed by atoms with Crippen LogP contribution < -0.4 is 25.4 Å². The van der Waals surface area contributed by atoms with Gasteiger partial charge >= 0.3 is 6.03 Å². The zero-order valence-electron chi connectivity index (χ0n) is 21.8. The Bertz CT molecular complexity index is 1450. The first kappa shape index (κ1) is 26.2. The normalized spacial score (nSPS) is 12.8. The summed E-state index contributed by atoms with van der Waals surface area (Å²) in [4.78, 5) is 31.8. The third-order valence-corrected chi connectivity index (χ3v) is 7.14. The van der Waals surface area contributed by atoms with Gasteiger partial charge in [0.1, 0.15) is 5.54 Å². The van der Waals surface area contributed by atoms with Crippen LogP contribution in [0, 0.1) is 0 Å². The molecule has 1 aliphatic heterocycles. The van der Waals surface area contributed by atoms with Crippen LogP contribution in [0.5, 0.6) is 11.5 Å². The Morgan fingerprint density at radius 2 is 1.59 bits per heavy atom. The SMILES string of the molecule is CC(C)(NC(=O)Nc1ccc2c(c1)OCCCO2)C(=O)Nc1nc(-c2ccccc2)c(Cc2ccccc2)s1. The molecule has 2 heterocycles. The highest BCUT2D eigenvalue weighted by atomic mass is 32.1. The third kappa shape index (κ3) is 6.56. The maximum atomic E-state index is 13.2. The first-order valence-corrected chi connectivity index (χ1v) is 13.6. The van der Waals surface area contributed by atoms with Gasteiger partial charge < -0.3 is 20.1 Å². The summed E-state index contributed by atoms with van der Waals surface area (Å²) in [6, 6.07) is 24.7. The van der Waals surface area contributed by atoms with Crippen LogP contribution in [0.1, 0.15) is 30.7 Å². The Hall–Kier alpha value is -4.37. The molecule has 3 amide bonds. The fourth-order valence-corrected chi connectivity index (χ4v) is 5.14. The van der Waals surface area contributed by atoms with Crippen molar-refractivity contribution < 1.29 is 19.1 Å². The summed E-state index contributed by atoms with van der Waals surface area (Å²) in [5.74, 6) is 0.839. The van der Waals surface area contributed by atoms with Gasteiger partial charge in [0.05, 0.1) is 18.9 Å². The lowest BCUT2D eigenvalue weighted by Crippen LogP contribution is -2.53. The van der Waals surface area contributed by atoms with Crippen molar-refractivity contribution in [1.82, 2.24) is 10.3 Å². The zero-order valence-corrected chi connectivity index (χ0v) is 22.6. The molecule has 39 heavy (non-hydrogen) atoms. The molecule has 1 aromatic heterocycles. The monoisotopic (exact) mass is 542 g/mol. The van der Waals surface area contributed by atoms with Gasteiger partial charge in [-0.25, -0.2) is 9.78 Å². The third-order valence-electron chi connectivity index (χ3n) is 6.17. The molecule has 0 unspecified atom stereocenters. The van der Waals surface area contributed by atoms with Crippen LogP contribution in [-0.2, 0) is 11.2 Å². The molecule has 0 spiro atoms. The molecule has 3 aromatic carbocycles. The zero-order chi connectivity index (χ0) is 27.2. The average molecular weight is 543 g/mol. The molecule has 0 fully saturated rings. The van der Waals surface area contributed by atoms with Crippen molar-refractivity contribution in [3.63, 3.8) is 0 Å². The summed E-state index contributed by atoms with van der Waals surface area (Å²) in [5, 5.41) is 8.90. The number of fused-ring (bicyclic) bond motifs is 1. The summed E-state index contributed by atoms with van der Waals surface area (Å²) < 4.78 is 11.3. The summed E-state index contributed by atoms with van der Waals surface area (Å²) >= 11 is 1.43. The molecule has 0 aliphatic carbocycles. The van der Waals surface area contributed by atoms with Gasteiger partial charge in [0.25, 0.3) is 5.91 Å². The second kappa shape index (κ2) is 11.6. The molecule has 1 aliphatic rings. The van der Waals surface area contributed by atoms with Gasteiger partial charge in [0.15, 0.2) is 16.6 Å². The highest BCUT2D eigenvalue weighted by Crippen LogP contribution is 2.34. The molecule has 0 atom stereocenters. The van der Waals surface area contributed by atoms with Crippen molar-refractivity contribution in [3.05, 3.63) is 89.3 Å². The van der Waals surface area contributed by atoms with Gasteiger partial charge in [-0.3, -0.25) is 10.1 Å². The number of carbonyl (C=O) groups is 2. The predicted molar refractivity (Wildman–Crippen MR) is 154 cm³/mol. The molecular formula is C30H30N4O4S. The molecular weight excluding hydrogens is 512 g/mol. The maximum Gasteiger partial charge on any atom is 0.320 e. The second-order valence-corrected chi connectivity index (χ2v) is 10.8. The number of urea groups is 1. The van der Waals surface area contributed by atoms with Gasteiger partial charge in [0, 0.05) is 35.0 Å². The molecule has 4 aromatic rings. The van der Waals surface area contributed by atoms with E-state index in [1.54, 1.807) is 32.0 Å². The van der Waals surface area contributed by atoms with Gasteiger partial charge in [-0.1, -0.05) is 60.7 Å². The molecule has 8 nitrogen and oxygen atoms in total. The number of nitrogens with zero attached hydrogens (tertiary/aromatic N) is 1. The number of nitrogens with one attached hydrogen (secondary N) is 3. The number of aromatic nitrogens is 1. The first-order valence-electron chi connectivity index (χ1n) is 12.8. The molecule has 0 bridgehead atoms. The number of thiazole rings is 1. The Morgan fingerprint density at radius 1 is 0.897 bits per heavy atom. The smallest absolute Gasteiger partial charge is 0.320 e. The van der Waals surface area contributed by atoms with E-state index in [1.807, 2.05) is 48.5 Å². The van der Waals surface area contributed by atoms with E-state index in [2.05, 4.69) is 28.1 Å². The maximum absolute atomic E-state index is 13.2. The van der Waals surface area contributed by atoms with Crippen molar-refractivity contribution in [1.29, 1.82) is 0 Å². The van der Waals surface area contributed by atoms with E-state index in [0.29, 0.717) is 42.0 Å². The van der Waals surface area contributed by atoms with Crippen molar-refractivity contribution >= 4 is 34.1 Å². The lowest BCUT2D eigenvalue weighted by molar-refractivity contribution is -0.120. The Morgan fingerprint density at radius 3 is 2.33 bits per heavy atom.